The van der Waals surface area contributed by atoms with Gasteiger partial charge in [0.25, 0.3) is 0 Å². The molecule has 0 radical (unpaired) electrons. The quantitative estimate of drug-likeness (QED) is 0.187. The van der Waals surface area contributed by atoms with Crippen LogP contribution in [0.2, 0.25) is 0 Å². The van der Waals surface area contributed by atoms with Gasteiger partial charge >= 0.3 is 5.97 Å². The lowest BCUT2D eigenvalue weighted by Gasteiger charge is -2.24. The number of hydrogen-bond acceptors (Lipinski definition) is 7. The predicted octanol–water partition coefficient (Wildman–Crippen LogP) is -3.60. The summed E-state index contributed by atoms with van der Waals surface area (Å²) in [7, 11) is 0. The molecule has 27 heavy (non-hydrogen) atoms. The van der Waals surface area contributed by atoms with Gasteiger partial charge in [-0.1, -0.05) is 13.8 Å². The largest absolute Gasteiger partial charge is 0.480 e. The van der Waals surface area contributed by atoms with Gasteiger partial charge in [0, 0.05) is 0 Å². The molecule has 4 amide bonds. The van der Waals surface area contributed by atoms with Crippen LogP contribution in [-0.2, 0) is 24.0 Å². The number of primary amides is 1. The Kier molecular flexibility index (Phi) is 9.96. The highest BCUT2D eigenvalue weighted by atomic mass is 16.4. The Morgan fingerprint density at radius 3 is 1.78 bits per heavy atom. The van der Waals surface area contributed by atoms with Crippen molar-refractivity contribution in [3.8, 4) is 0 Å². The Hall–Kier alpha value is -2.73. The Morgan fingerprint density at radius 2 is 1.37 bits per heavy atom. The lowest BCUT2D eigenvalue weighted by molar-refractivity contribution is -0.142. The maximum Gasteiger partial charge on any atom is 0.325 e. The summed E-state index contributed by atoms with van der Waals surface area (Å²) in [5.74, 6) is -5.06. The normalized spacial score (nSPS) is 15.2. The average molecular weight is 389 g/mol. The summed E-state index contributed by atoms with van der Waals surface area (Å²) < 4.78 is 0. The minimum Gasteiger partial charge on any atom is -0.480 e. The van der Waals surface area contributed by atoms with E-state index in [9.17, 15) is 29.1 Å². The van der Waals surface area contributed by atoms with Gasteiger partial charge in [-0.3, -0.25) is 24.0 Å². The third kappa shape index (κ3) is 8.46. The number of carboxylic acids is 1. The number of aliphatic hydroxyl groups excluding tert-OH is 1. The zero-order valence-electron chi connectivity index (χ0n) is 15.4. The van der Waals surface area contributed by atoms with E-state index < -0.39 is 66.8 Å². The van der Waals surface area contributed by atoms with E-state index in [4.69, 9.17) is 16.6 Å². The molecule has 0 aromatic rings. The van der Waals surface area contributed by atoms with Gasteiger partial charge in [-0.25, -0.2) is 0 Å². The van der Waals surface area contributed by atoms with E-state index in [1.165, 1.54) is 6.92 Å². The molecule has 0 fully saturated rings. The molecule has 0 aliphatic heterocycles. The van der Waals surface area contributed by atoms with Crippen molar-refractivity contribution in [2.45, 2.75) is 51.4 Å². The summed E-state index contributed by atoms with van der Waals surface area (Å²) in [6.45, 7) is 3.72. The molecule has 0 saturated heterocycles. The third-order valence-electron chi connectivity index (χ3n) is 3.60. The molecule has 0 aliphatic rings. The summed E-state index contributed by atoms with van der Waals surface area (Å²) in [5, 5.41) is 24.5. The molecule has 12 nitrogen and oxygen atoms in total. The molecule has 4 atom stereocenters. The first-order valence-electron chi connectivity index (χ1n) is 8.19. The number of hydrogen-bond donors (Lipinski definition) is 7. The molecule has 0 heterocycles. The molecule has 0 bridgehead atoms. The van der Waals surface area contributed by atoms with Crippen LogP contribution in [0, 0.1) is 5.92 Å². The average Bonchev–Trinajstić information content (AvgIpc) is 2.56. The number of nitrogens with one attached hydrogen (secondary N) is 3. The summed E-state index contributed by atoms with van der Waals surface area (Å²) in [6, 6.07) is -5.11. The van der Waals surface area contributed by atoms with E-state index in [0.717, 1.165) is 0 Å². The summed E-state index contributed by atoms with van der Waals surface area (Å²) in [5.41, 5.74) is 10.7. The molecule has 9 N–H and O–H groups in total. The highest BCUT2D eigenvalue weighted by Gasteiger charge is 2.30. The second-order valence-corrected chi connectivity index (χ2v) is 6.31. The Labute approximate surface area is 156 Å². The Morgan fingerprint density at radius 1 is 0.889 bits per heavy atom. The Bertz CT molecular complexity index is 581. The number of amides is 4. The fourth-order valence-corrected chi connectivity index (χ4v) is 1.82. The van der Waals surface area contributed by atoms with Crippen molar-refractivity contribution in [1.82, 2.24) is 16.0 Å². The van der Waals surface area contributed by atoms with Crippen molar-refractivity contribution >= 4 is 29.6 Å². The topological polar surface area (TPSA) is 214 Å². The SMILES string of the molecule is CC(NC(=O)C(CO)NC(=O)C(CC(N)=O)NC(=O)C(N)C(C)C)C(=O)O. The van der Waals surface area contributed by atoms with Gasteiger partial charge in [-0.15, -0.1) is 0 Å². The minimum atomic E-state index is -1.50. The number of carbonyl (C=O) groups is 5. The van der Waals surface area contributed by atoms with Crippen molar-refractivity contribution in [2.24, 2.45) is 17.4 Å². The van der Waals surface area contributed by atoms with E-state index >= 15 is 0 Å². The van der Waals surface area contributed by atoms with Crippen molar-refractivity contribution in [3.63, 3.8) is 0 Å². The standard InChI is InChI=1S/C15H27N5O7/c1-6(2)11(17)14(25)19-8(4-10(16)22)12(23)20-9(5-21)13(24)18-7(3)15(26)27/h6-9,11,21H,4-5,17H2,1-3H3,(H2,16,22)(H,18,24)(H,19,25)(H,20,23)(H,26,27). The lowest BCUT2D eigenvalue weighted by atomic mass is 10.0. The zero-order valence-corrected chi connectivity index (χ0v) is 15.4. The second kappa shape index (κ2) is 11.1. The van der Waals surface area contributed by atoms with Crippen LogP contribution in [0.5, 0.6) is 0 Å². The number of carbonyl (C=O) groups excluding carboxylic acids is 4. The number of rotatable bonds is 11. The summed E-state index contributed by atoms with van der Waals surface area (Å²) in [6.07, 6.45) is -0.562. The molecule has 0 aliphatic carbocycles. The smallest absolute Gasteiger partial charge is 0.325 e. The molecule has 4 unspecified atom stereocenters. The first-order chi connectivity index (χ1) is 12.4. The predicted molar refractivity (Wildman–Crippen MR) is 92.8 cm³/mol. The van der Waals surface area contributed by atoms with E-state index in [1.807, 2.05) is 0 Å². The highest BCUT2D eigenvalue weighted by molar-refractivity contribution is 5.96. The lowest BCUT2D eigenvalue weighted by Crippen LogP contribution is -2.58. The number of aliphatic carboxylic acids is 1. The molecule has 0 spiro atoms. The number of carboxylic acid groups (broad SMARTS) is 1. The van der Waals surface area contributed by atoms with Gasteiger partial charge in [-0.05, 0) is 12.8 Å². The van der Waals surface area contributed by atoms with Gasteiger partial charge < -0.3 is 37.6 Å². The maximum atomic E-state index is 12.3. The van der Waals surface area contributed by atoms with Crippen molar-refractivity contribution in [2.75, 3.05) is 6.61 Å². The van der Waals surface area contributed by atoms with E-state index in [1.54, 1.807) is 13.8 Å². The van der Waals surface area contributed by atoms with Crippen LogP contribution < -0.4 is 27.4 Å². The highest BCUT2D eigenvalue weighted by Crippen LogP contribution is 2.01. The van der Waals surface area contributed by atoms with Crippen LogP contribution >= 0.6 is 0 Å². The van der Waals surface area contributed by atoms with Gasteiger partial charge in [0.15, 0.2) is 0 Å². The maximum absolute atomic E-state index is 12.3. The molecular formula is C15H27N5O7. The fourth-order valence-electron chi connectivity index (χ4n) is 1.82. The Balaban J connectivity index is 5.14. The van der Waals surface area contributed by atoms with Gasteiger partial charge in [-0.2, -0.15) is 0 Å². The van der Waals surface area contributed by atoms with Crippen LogP contribution in [0.15, 0.2) is 0 Å². The third-order valence-corrected chi connectivity index (χ3v) is 3.60. The van der Waals surface area contributed by atoms with E-state index in [0.29, 0.717) is 0 Å². The number of nitrogens with two attached hydrogens (primary N) is 2. The first kappa shape index (κ1) is 24.3. The molecule has 12 heteroatoms. The zero-order chi connectivity index (χ0) is 21.3. The minimum absolute atomic E-state index is 0.240. The van der Waals surface area contributed by atoms with Crippen LogP contribution in [0.3, 0.4) is 0 Å². The number of aliphatic hydroxyl groups is 1. The van der Waals surface area contributed by atoms with Gasteiger partial charge in [0.05, 0.1) is 19.1 Å². The second-order valence-electron chi connectivity index (χ2n) is 6.31. The van der Waals surface area contributed by atoms with Crippen LogP contribution in [0.4, 0.5) is 0 Å². The molecule has 0 saturated carbocycles. The molecular weight excluding hydrogens is 362 g/mol. The monoisotopic (exact) mass is 389 g/mol. The summed E-state index contributed by atoms with van der Waals surface area (Å²) in [4.78, 5) is 58.2. The first-order valence-corrected chi connectivity index (χ1v) is 8.19. The fraction of sp³-hybridized carbons (Fsp3) is 0.667. The van der Waals surface area contributed by atoms with Crippen molar-refractivity contribution < 1.29 is 34.2 Å². The molecule has 0 aromatic carbocycles. The van der Waals surface area contributed by atoms with Crippen LogP contribution in [0.25, 0.3) is 0 Å². The van der Waals surface area contributed by atoms with E-state index in [2.05, 4.69) is 16.0 Å². The van der Waals surface area contributed by atoms with Crippen molar-refractivity contribution in [1.29, 1.82) is 0 Å². The van der Waals surface area contributed by atoms with Crippen molar-refractivity contribution in [3.05, 3.63) is 0 Å². The molecule has 0 aromatic heterocycles. The molecule has 154 valence electrons. The van der Waals surface area contributed by atoms with E-state index in [-0.39, 0.29) is 5.92 Å². The molecule has 0 rings (SSSR count). The van der Waals surface area contributed by atoms with Crippen LogP contribution in [-0.4, -0.2) is 70.6 Å². The van der Waals surface area contributed by atoms with Crippen LogP contribution in [0.1, 0.15) is 27.2 Å². The van der Waals surface area contributed by atoms with Gasteiger partial charge in [0.2, 0.25) is 23.6 Å². The summed E-state index contributed by atoms with van der Waals surface area (Å²) >= 11 is 0. The van der Waals surface area contributed by atoms with Gasteiger partial charge in [0.1, 0.15) is 18.1 Å².